The van der Waals surface area contributed by atoms with Crippen LogP contribution in [0.3, 0.4) is 0 Å². The lowest BCUT2D eigenvalue weighted by Crippen LogP contribution is -2.01. The highest BCUT2D eigenvalue weighted by molar-refractivity contribution is 6.15. The van der Waals surface area contributed by atoms with Gasteiger partial charge in [0.25, 0.3) is 0 Å². The third-order valence-electron chi connectivity index (χ3n) is 11.3. The van der Waals surface area contributed by atoms with Gasteiger partial charge in [0.2, 0.25) is 0 Å². The Bertz CT molecular complexity index is 3580. The van der Waals surface area contributed by atoms with Crippen molar-refractivity contribution in [1.82, 2.24) is 15.0 Å². The van der Waals surface area contributed by atoms with E-state index < -0.39 is 0 Å². The molecule has 58 heavy (non-hydrogen) atoms. The number of para-hydroxylation sites is 1. The van der Waals surface area contributed by atoms with Crippen molar-refractivity contribution in [3.05, 3.63) is 188 Å². The van der Waals surface area contributed by atoms with E-state index >= 15 is 0 Å². The van der Waals surface area contributed by atoms with Crippen molar-refractivity contribution in [2.24, 2.45) is 0 Å². The van der Waals surface area contributed by atoms with Crippen LogP contribution in [-0.4, -0.2) is 15.0 Å². The third-order valence-corrected chi connectivity index (χ3v) is 11.3. The predicted molar refractivity (Wildman–Crippen MR) is 237 cm³/mol. The largest absolute Gasteiger partial charge is 0.456 e. The molecule has 270 valence electrons. The maximum atomic E-state index is 6.54. The van der Waals surface area contributed by atoms with Crippen LogP contribution >= 0.6 is 0 Å². The number of hydrogen-bond acceptors (Lipinski definition) is 5. The maximum absolute atomic E-state index is 6.54. The summed E-state index contributed by atoms with van der Waals surface area (Å²) in [7, 11) is 0. The van der Waals surface area contributed by atoms with Crippen LogP contribution in [0.1, 0.15) is 0 Å². The number of aromatic nitrogens is 3. The number of rotatable bonds is 5. The van der Waals surface area contributed by atoms with Crippen LogP contribution in [0.2, 0.25) is 0 Å². The Hall–Kier alpha value is -7.89. The molecule has 3 aromatic heterocycles. The van der Waals surface area contributed by atoms with Gasteiger partial charge in [-0.25, -0.2) is 15.0 Å². The normalized spacial score (nSPS) is 11.8. The van der Waals surface area contributed by atoms with E-state index in [0.717, 1.165) is 82.8 Å². The molecule has 0 fully saturated rings. The molecule has 0 bridgehead atoms. The maximum Gasteiger partial charge on any atom is 0.164 e. The van der Waals surface area contributed by atoms with E-state index in [-0.39, 0.29) is 0 Å². The average Bonchev–Trinajstić information content (AvgIpc) is 3.87. The Morgan fingerprint density at radius 1 is 0.276 bits per heavy atom. The van der Waals surface area contributed by atoms with Gasteiger partial charge in [0, 0.05) is 38.2 Å². The molecule has 12 rings (SSSR count). The Balaban J connectivity index is 1.05. The van der Waals surface area contributed by atoms with Crippen molar-refractivity contribution in [2.75, 3.05) is 0 Å². The molecule has 0 aliphatic heterocycles. The van der Waals surface area contributed by atoms with E-state index in [9.17, 15) is 0 Å². The molecule has 5 nitrogen and oxygen atoms in total. The zero-order valence-corrected chi connectivity index (χ0v) is 31.1. The number of benzene rings is 9. The van der Waals surface area contributed by atoms with E-state index in [4.69, 9.17) is 23.8 Å². The minimum absolute atomic E-state index is 0.579. The summed E-state index contributed by atoms with van der Waals surface area (Å²) in [6, 6.07) is 65.2. The topological polar surface area (TPSA) is 65.0 Å². The molecular formula is C53H31N3O2. The number of nitrogens with zero attached hydrogens (tertiary/aromatic N) is 3. The van der Waals surface area contributed by atoms with Crippen molar-refractivity contribution >= 4 is 65.4 Å². The van der Waals surface area contributed by atoms with Crippen LogP contribution in [0.15, 0.2) is 197 Å². The zero-order valence-electron chi connectivity index (χ0n) is 31.1. The fraction of sp³-hybridized carbons (Fsp3) is 0. The van der Waals surface area contributed by atoms with Crippen molar-refractivity contribution < 1.29 is 8.83 Å². The fourth-order valence-corrected chi connectivity index (χ4v) is 8.63. The summed E-state index contributed by atoms with van der Waals surface area (Å²) >= 11 is 0. The standard InChI is InChI=1S/C53H31N3O2/c1-2-13-33(14-3-1)51-54-52(56-53(55-51)43-20-11-23-48-50(43)42-18-8-9-21-45(42)57-48)41-17-7-6-16-39(41)40-19-10-22-47-49(40)44-31-35(27-29-46(44)58-47)34-26-28-38-36(30-34)25-24-32-12-4-5-15-37(32)38/h1-31H. The minimum Gasteiger partial charge on any atom is -0.456 e. The fourth-order valence-electron chi connectivity index (χ4n) is 8.63. The molecule has 0 atom stereocenters. The molecule has 0 aliphatic rings. The molecule has 0 N–H and O–H groups in total. The first-order valence-corrected chi connectivity index (χ1v) is 19.4. The number of furan rings is 2. The SMILES string of the molecule is c1ccc(-c2nc(-c3ccccc3-c3cccc4oc5ccc(-c6ccc7c(ccc8ccccc87)c6)cc5c34)nc(-c3cccc4oc5ccccc5c34)n2)cc1. The number of fused-ring (bicyclic) bond motifs is 9. The summed E-state index contributed by atoms with van der Waals surface area (Å²) < 4.78 is 12.8. The lowest BCUT2D eigenvalue weighted by molar-refractivity contribution is 0.668. The van der Waals surface area contributed by atoms with Gasteiger partial charge in [0.1, 0.15) is 22.3 Å². The molecule has 3 heterocycles. The van der Waals surface area contributed by atoms with Gasteiger partial charge in [-0.05, 0) is 80.2 Å². The van der Waals surface area contributed by atoms with Gasteiger partial charge in [0.05, 0.1) is 0 Å². The molecule has 0 spiro atoms. The van der Waals surface area contributed by atoms with Crippen molar-refractivity contribution in [1.29, 1.82) is 0 Å². The summed E-state index contributed by atoms with van der Waals surface area (Å²) in [5, 5.41) is 9.07. The summed E-state index contributed by atoms with van der Waals surface area (Å²) in [5.74, 6) is 1.76. The van der Waals surface area contributed by atoms with Crippen molar-refractivity contribution in [3.8, 4) is 56.4 Å². The molecule has 9 aromatic carbocycles. The second kappa shape index (κ2) is 12.8. The molecule has 0 saturated heterocycles. The lowest BCUT2D eigenvalue weighted by atomic mass is 9.93. The summed E-state index contributed by atoms with van der Waals surface area (Å²) in [6.07, 6.45) is 0. The predicted octanol–water partition coefficient (Wildman–Crippen LogP) is 14.3. The van der Waals surface area contributed by atoms with E-state index in [1.165, 1.54) is 21.5 Å². The smallest absolute Gasteiger partial charge is 0.164 e. The third kappa shape index (κ3) is 5.14. The van der Waals surface area contributed by atoms with E-state index in [2.05, 4.69) is 115 Å². The van der Waals surface area contributed by atoms with E-state index in [0.29, 0.717) is 17.5 Å². The highest BCUT2D eigenvalue weighted by Gasteiger charge is 2.21. The summed E-state index contributed by atoms with van der Waals surface area (Å²) in [5.41, 5.74) is 10.3. The van der Waals surface area contributed by atoms with Gasteiger partial charge in [-0.1, -0.05) is 152 Å². The summed E-state index contributed by atoms with van der Waals surface area (Å²) in [4.78, 5) is 15.6. The second-order valence-electron chi connectivity index (χ2n) is 14.7. The average molecular weight is 742 g/mol. The Morgan fingerprint density at radius 3 is 1.67 bits per heavy atom. The molecule has 0 amide bonds. The van der Waals surface area contributed by atoms with Gasteiger partial charge in [-0.15, -0.1) is 0 Å². The Kier molecular flexibility index (Phi) is 7.16. The highest BCUT2D eigenvalue weighted by atomic mass is 16.3. The molecular weight excluding hydrogens is 711 g/mol. The van der Waals surface area contributed by atoms with Crippen LogP contribution in [0.4, 0.5) is 0 Å². The first-order valence-electron chi connectivity index (χ1n) is 19.4. The molecule has 0 aliphatic carbocycles. The van der Waals surface area contributed by atoms with Gasteiger partial charge in [0.15, 0.2) is 17.5 Å². The van der Waals surface area contributed by atoms with Crippen LogP contribution in [-0.2, 0) is 0 Å². The van der Waals surface area contributed by atoms with Gasteiger partial charge in [-0.2, -0.15) is 0 Å². The molecule has 0 radical (unpaired) electrons. The first kappa shape index (κ1) is 32.4. The highest BCUT2D eigenvalue weighted by Crippen LogP contribution is 2.43. The zero-order chi connectivity index (χ0) is 38.2. The molecule has 5 heteroatoms. The number of hydrogen-bond donors (Lipinski definition) is 0. The van der Waals surface area contributed by atoms with Crippen LogP contribution < -0.4 is 0 Å². The van der Waals surface area contributed by atoms with Gasteiger partial charge in [-0.3, -0.25) is 0 Å². The Labute approximate surface area is 332 Å². The Morgan fingerprint density at radius 2 is 0.828 bits per heavy atom. The van der Waals surface area contributed by atoms with E-state index in [1.54, 1.807) is 0 Å². The molecule has 0 saturated carbocycles. The quantitative estimate of drug-likeness (QED) is 0.164. The monoisotopic (exact) mass is 741 g/mol. The van der Waals surface area contributed by atoms with Crippen molar-refractivity contribution in [3.63, 3.8) is 0 Å². The van der Waals surface area contributed by atoms with Crippen LogP contribution in [0.25, 0.3) is 122 Å². The van der Waals surface area contributed by atoms with E-state index in [1.807, 2.05) is 72.8 Å². The minimum atomic E-state index is 0.579. The van der Waals surface area contributed by atoms with Crippen molar-refractivity contribution in [2.45, 2.75) is 0 Å². The van der Waals surface area contributed by atoms with Crippen LogP contribution in [0, 0.1) is 0 Å². The first-order chi connectivity index (χ1) is 28.7. The lowest BCUT2D eigenvalue weighted by Gasteiger charge is -2.13. The second-order valence-corrected chi connectivity index (χ2v) is 14.7. The van der Waals surface area contributed by atoms with Gasteiger partial charge >= 0.3 is 0 Å². The van der Waals surface area contributed by atoms with Gasteiger partial charge < -0.3 is 8.83 Å². The molecule has 12 aromatic rings. The summed E-state index contributed by atoms with van der Waals surface area (Å²) in [6.45, 7) is 0. The molecule has 0 unspecified atom stereocenters. The van der Waals surface area contributed by atoms with Crippen LogP contribution in [0.5, 0.6) is 0 Å².